The summed E-state index contributed by atoms with van der Waals surface area (Å²) in [6.07, 6.45) is 3.38. The van der Waals surface area contributed by atoms with Gasteiger partial charge in [-0.15, -0.1) is 0 Å². The van der Waals surface area contributed by atoms with Crippen LogP contribution in [0.25, 0.3) is 0 Å². The van der Waals surface area contributed by atoms with Crippen LogP contribution >= 0.6 is 0 Å². The Labute approximate surface area is 123 Å². The number of piperidine rings is 1. The van der Waals surface area contributed by atoms with Gasteiger partial charge < -0.3 is 19.9 Å². The lowest BCUT2D eigenvalue weighted by Gasteiger charge is -2.36. The Morgan fingerprint density at radius 2 is 2.05 bits per heavy atom. The van der Waals surface area contributed by atoms with E-state index in [4.69, 9.17) is 4.74 Å². The summed E-state index contributed by atoms with van der Waals surface area (Å²) in [6.45, 7) is 8.27. The number of carbonyl (C=O) groups is 1. The number of nitrogens with one attached hydrogen (secondary N) is 1. The predicted molar refractivity (Wildman–Crippen MR) is 81.9 cm³/mol. The molecule has 1 atom stereocenters. The van der Waals surface area contributed by atoms with Gasteiger partial charge in [0.2, 0.25) is 0 Å². The largest absolute Gasteiger partial charge is 0.465 e. The minimum Gasteiger partial charge on any atom is -0.465 e. The van der Waals surface area contributed by atoms with E-state index in [0.29, 0.717) is 12.6 Å². The maximum atomic E-state index is 12.0. The molecule has 1 heterocycles. The zero-order chi connectivity index (χ0) is 15.0. The third-order valence-corrected chi connectivity index (χ3v) is 3.99. The van der Waals surface area contributed by atoms with Crippen LogP contribution in [0.2, 0.25) is 0 Å². The lowest BCUT2D eigenvalue weighted by atomic mass is 10.0. The standard InChI is InChI=1S/C15H31N3O2/c1-5-9-16-14(15(19)20-6-2)12-18(4)13-7-10-17(3)11-8-13/h13-14,16H,5-12H2,1-4H3. The highest BCUT2D eigenvalue weighted by atomic mass is 16.5. The molecule has 1 fully saturated rings. The molecule has 1 N–H and O–H groups in total. The van der Waals surface area contributed by atoms with Crippen molar-refractivity contribution in [1.82, 2.24) is 15.1 Å². The van der Waals surface area contributed by atoms with Crippen molar-refractivity contribution >= 4 is 5.97 Å². The molecule has 0 aromatic heterocycles. The minimum atomic E-state index is -0.209. The lowest BCUT2D eigenvalue weighted by molar-refractivity contribution is -0.146. The van der Waals surface area contributed by atoms with Crippen LogP contribution in [0.15, 0.2) is 0 Å². The summed E-state index contributed by atoms with van der Waals surface area (Å²) in [6, 6.07) is 0.367. The number of hydrogen-bond acceptors (Lipinski definition) is 5. The Morgan fingerprint density at radius 3 is 2.60 bits per heavy atom. The third kappa shape index (κ3) is 5.77. The molecule has 0 aromatic rings. The molecule has 1 saturated heterocycles. The fraction of sp³-hybridized carbons (Fsp3) is 0.933. The van der Waals surface area contributed by atoms with E-state index in [9.17, 15) is 4.79 Å². The first-order chi connectivity index (χ1) is 9.58. The fourth-order valence-electron chi connectivity index (χ4n) is 2.66. The highest BCUT2D eigenvalue weighted by Crippen LogP contribution is 2.14. The molecule has 5 heteroatoms. The zero-order valence-corrected chi connectivity index (χ0v) is 13.5. The summed E-state index contributed by atoms with van der Waals surface area (Å²) >= 11 is 0. The van der Waals surface area contributed by atoms with Crippen LogP contribution in [-0.4, -0.2) is 74.7 Å². The molecule has 1 rings (SSSR count). The first kappa shape index (κ1) is 17.4. The van der Waals surface area contributed by atoms with E-state index >= 15 is 0 Å². The molecule has 0 amide bonds. The number of likely N-dealkylation sites (tertiary alicyclic amines) is 1. The predicted octanol–water partition coefficient (Wildman–Crippen LogP) is 0.944. The van der Waals surface area contributed by atoms with E-state index in [-0.39, 0.29) is 12.0 Å². The number of hydrogen-bond donors (Lipinski definition) is 1. The van der Waals surface area contributed by atoms with Gasteiger partial charge in [-0.2, -0.15) is 0 Å². The first-order valence-electron chi connectivity index (χ1n) is 7.87. The molecular formula is C15H31N3O2. The van der Waals surface area contributed by atoms with Crippen molar-refractivity contribution in [2.45, 2.75) is 45.2 Å². The number of likely N-dealkylation sites (N-methyl/N-ethyl adjacent to an activating group) is 1. The lowest BCUT2D eigenvalue weighted by Crippen LogP contribution is -2.50. The van der Waals surface area contributed by atoms with Crippen molar-refractivity contribution in [3.05, 3.63) is 0 Å². The van der Waals surface area contributed by atoms with E-state index in [0.717, 1.165) is 32.6 Å². The van der Waals surface area contributed by atoms with Crippen molar-refractivity contribution in [2.75, 3.05) is 46.9 Å². The van der Waals surface area contributed by atoms with Crippen LogP contribution in [0.3, 0.4) is 0 Å². The summed E-state index contributed by atoms with van der Waals surface area (Å²) < 4.78 is 5.17. The van der Waals surface area contributed by atoms with Crippen molar-refractivity contribution in [2.24, 2.45) is 0 Å². The molecule has 118 valence electrons. The van der Waals surface area contributed by atoms with Crippen LogP contribution in [-0.2, 0) is 9.53 Å². The Kier molecular flexibility index (Phi) is 8.11. The van der Waals surface area contributed by atoms with Crippen molar-refractivity contribution in [3.8, 4) is 0 Å². The van der Waals surface area contributed by atoms with E-state index in [1.807, 2.05) is 6.92 Å². The molecule has 20 heavy (non-hydrogen) atoms. The first-order valence-corrected chi connectivity index (χ1v) is 7.87. The van der Waals surface area contributed by atoms with Gasteiger partial charge in [-0.25, -0.2) is 0 Å². The molecule has 1 unspecified atom stereocenters. The Hall–Kier alpha value is -0.650. The monoisotopic (exact) mass is 285 g/mol. The summed E-state index contributed by atoms with van der Waals surface area (Å²) in [5.41, 5.74) is 0. The smallest absolute Gasteiger partial charge is 0.324 e. The number of nitrogens with zero attached hydrogens (tertiary/aromatic N) is 2. The molecular weight excluding hydrogens is 254 g/mol. The van der Waals surface area contributed by atoms with E-state index < -0.39 is 0 Å². The third-order valence-electron chi connectivity index (χ3n) is 3.99. The van der Waals surface area contributed by atoms with Crippen LogP contribution in [0.5, 0.6) is 0 Å². The zero-order valence-electron chi connectivity index (χ0n) is 13.5. The van der Waals surface area contributed by atoms with Crippen LogP contribution in [0.4, 0.5) is 0 Å². The molecule has 0 bridgehead atoms. The number of esters is 1. The average Bonchev–Trinajstić information content (AvgIpc) is 2.44. The van der Waals surface area contributed by atoms with Gasteiger partial charge in [0.05, 0.1) is 6.61 Å². The maximum Gasteiger partial charge on any atom is 0.324 e. The quantitative estimate of drug-likeness (QED) is 0.673. The second-order valence-electron chi connectivity index (χ2n) is 5.73. The van der Waals surface area contributed by atoms with Crippen molar-refractivity contribution in [1.29, 1.82) is 0 Å². The summed E-state index contributed by atoms with van der Waals surface area (Å²) in [7, 11) is 4.29. The second kappa shape index (κ2) is 9.32. The summed E-state index contributed by atoms with van der Waals surface area (Å²) in [5, 5.41) is 3.31. The van der Waals surface area contributed by atoms with Crippen molar-refractivity contribution < 1.29 is 9.53 Å². The average molecular weight is 285 g/mol. The molecule has 0 saturated carbocycles. The Morgan fingerprint density at radius 1 is 1.40 bits per heavy atom. The topological polar surface area (TPSA) is 44.8 Å². The van der Waals surface area contributed by atoms with Gasteiger partial charge in [0.25, 0.3) is 0 Å². The summed E-state index contributed by atoms with van der Waals surface area (Å²) in [5.74, 6) is -0.124. The second-order valence-corrected chi connectivity index (χ2v) is 5.73. The molecule has 0 radical (unpaired) electrons. The van der Waals surface area contributed by atoms with E-state index in [1.54, 1.807) is 0 Å². The van der Waals surface area contributed by atoms with Gasteiger partial charge in [0, 0.05) is 12.6 Å². The Balaban J connectivity index is 2.47. The van der Waals surface area contributed by atoms with Crippen LogP contribution in [0, 0.1) is 0 Å². The van der Waals surface area contributed by atoms with Gasteiger partial charge in [-0.3, -0.25) is 4.79 Å². The van der Waals surface area contributed by atoms with E-state index in [2.05, 4.69) is 36.1 Å². The van der Waals surface area contributed by atoms with Gasteiger partial charge in [-0.1, -0.05) is 6.92 Å². The van der Waals surface area contributed by atoms with Crippen LogP contribution < -0.4 is 5.32 Å². The fourth-order valence-corrected chi connectivity index (χ4v) is 2.66. The highest BCUT2D eigenvalue weighted by molar-refractivity contribution is 5.76. The van der Waals surface area contributed by atoms with Gasteiger partial charge in [0.15, 0.2) is 0 Å². The Bertz CT molecular complexity index is 278. The van der Waals surface area contributed by atoms with Crippen LogP contribution in [0.1, 0.15) is 33.1 Å². The summed E-state index contributed by atoms with van der Waals surface area (Å²) in [4.78, 5) is 16.7. The molecule has 5 nitrogen and oxygen atoms in total. The molecule has 1 aliphatic rings. The SMILES string of the molecule is CCCNC(CN(C)C1CCN(C)CC1)C(=O)OCC. The molecule has 1 aliphatic heterocycles. The van der Waals surface area contributed by atoms with Gasteiger partial charge in [-0.05, 0) is 59.9 Å². The maximum absolute atomic E-state index is 12.0. The minimum absolute atomic E-state index is 0.124. The van der Waals surface area contributed by atoms with Gasteiger partial charge >= 0.3 is 5.97 Å². The molecule has 0 spiro atoms. The number of rotatable bonds is 8. The number of carbonyl (C=O) groups excluding carboxylic acids is 1. The molecule has 0 aliphatic carbocycles. The highest BCUT2D eigenvalue weighted by Gasteiger charge is 2.26. The van der Waals surface area contributed by atoms with Gasteiger partial charge in [0.1, 0.15) is 6.04 Å². The van der Waals surface area contributed by atoms with Crippen molar-refractivity contribution in [3.63, 3.8) is 0 Å². The van der Waals surface area contributed by atoms with E-state index in [1.165, 1.54) is 12.8 Å². The normalized spacial score (nSPS) is 19.2. The molecule has 0 aromatic carbocycles. The number of ether oxygens (including phenoxy) is 1.